The summed E-state index contributed by atoms with van der Waals surface area (Å²) < 4.78 is 25.4. The summed E-state index contributed by atoms with van der Waals surface area (Å²) in [5, 5.41) is 13.1. The molecule has 2 aliphatic rings. The van der Waals surface area contributed by atoms with Gasteiger partial charge in [0.15, 0.2) is 0 Å². The van der Waals surface area contributed by atoms with E-state index < -0.39 is 6.10 Å². The summed E-state index contributed by atoms with van der Waals surface area (Å²) in [6.07, 6.45) is 2.01. The highest BCUT2D eigenvalue weighted by atomic mass is 19.1. The second-order valence-electron chi connectivity index (χ2n) is 7.75. The van der Waals surface area contributed by atoms with Crippen LogP contribution in [-0.2, 0) is 20.8 Å². The van der Waals surface area contributed by atoms with E-state index in [1.54, 1.807) is 6.07 Å². The second-order valence-corrected chi connectivity index (χ2v) is 7.75. The molecule has 0 saturated carbocycles. The molecule has 2 heterocycles. The van der Waals surface area contributed by atoms with Gasteiger partial charge in [0.1, 0.15) is 5.82 Å². The van der Waals surface area contributed by atoms with Crippen molar-refractivity contribution < 1.29 is 23.8 Å². The Morgan fingerprint density at radius 1 is 1.36 bits per heavy atom. The first-order chi connectivity index (χ1) is 13.5. The first-order valence-corrected chi connectivity index (χ1v) is 10.2. The van der Waals surface area contributed by atoms with Crippen LogP contribution >= 0.6 is 0 Å². The molecule has 2 saturated heterocycles. The lowest BCUT2D eigenvalue weighted by atomic mass is 9.94. The van der Waals surface area contributed by atoms with E-state index in [0.717, 1.165) is 24.8 Å². The van der Waals surface area contributed by atoms with Crippen molar-refractivity contribution in [1.29, 1.82) is 0 Å². The van der Waals surface area contributed by atoms with Crippen LogP contribution in [0.25, 0.3) is 0 Å². The van der Waals surface area contributed by atoms with Crippen LogP contribution in [0.15, 0.2) is 24.3 Å². The third-order valence-electron chi connectivity index (χ3n) is 5.35. The molecule has 1 amide bonds. The van der Waals surface area contributed by atoms with E-state index in [2.05, 4.69) is 10.2 Å². The van der Waals surface area contributed by atoms with Gasteiger partial charge in [-0.2, -0.15) is 0 Å². The van der Waals surface area contributed by atoms with Crippen molar-refractivity contribution >= 4 is 5.91 Å². The third-order valence-corrected chi connectivity index (χ3v) is 5.35. The lowest BCUT2D eigenvalue weighted by molar-refractivity contribution is -0.158. The Balaban J connectivity index is 1.65. The Bertz CT molecular complexity index is 645. The van der Waals surface area contributed by atoms with Crippen LogP contribution in [0.3, 0.4) is 0 Å². The van der Waals surface area contributed by atoms with Crippen molar-refractivity contribution in [3.63, 3.8) is 0 Å². The standard InChI is InChI=1S/C21H31FN2O4/c1-2-8-23-21(26)10-18-6-7-19-20(28-18)14-27-13-17(25)12-24(19)11-15-4-3-5-16(22)9-15/h3-5,9,17-20,25H,2,6-8,10-14H2,1H3,(H,23,26)/t17-,18-,19+,20-/m0/s1. The topological polar surface area (TPSA) is 71.0 Å². The number of carbonyl (C=O) groups excluding carboxylic acids is 1. The maximum Gasteiger partial charge on any atom is 0.222 e. The number of nitrogens with zero attached hydrogens (tertiary/aromatic N) is 1. The van der Waals surface area contributed by atoms with Crippen LogP contribution in [0.2, 0.25) is 0 Å². The highest BCUT2D eigenvalue weighted by Crippen LogP contribution is 2.28. The van der Waals surface area contributed by atoms with Crippen molar-refractivity contribution in [2.45, 2.75) is 63.5 Å². The van der Waals surface area contributed by atoms with Crippen LogP contribution in [0.4, 0.5) is 4.39 Å². The summed E-state index contributed by atoms with van der Waals surface area (Å²) >= 11 is 0. The minimum absolute atomic E-state index is 0.0177. The Labute approximate surface area is 166 Å². The predicted octanol–water partition coefficient (Wildman–Crippen LogP) is 1.85. The first-order valence-electron chi connectivity index (χ1n) is 10.2. The van der Waals surface area contributed by atoms with Crippen molar-refractivity contribution in [1.82, 2.24) is 10.2 Å². The number of fused-ring (bicyclic) bond motifs is 1. The average molecular weight is 394 g/mol. The maximum atomic E-state index is 13.6. The zero-order valence-electron chi connectivity index (χ0n) is 16.5. The van der Waals surface area contributed by atoms with Gasteiger partial charge in [0, 0.05) is 25.7 Å². The third kappa shape index (κ3) is 5.98. The molecule has 0 aliphatic carbocycles. The number of halogens is 1. The van der Waals surface area contributed by atoms with Gasteiger partial charge in [-0.15, -0.1) is 0 Å². The van der Waals surface area contributed by atoms with Gasteiger partial charge >= 0.3 is 0 Å². The quantitative estimate of drug-likeness (QED) is 0.771. The molecule has 0 bridgehead atoms. The van der Waals surface area contributed by atoms with Crippen molar-refractivity contribution in [2.24, 2.45) is 0 Å². The van der Waals surface area contributed by atoms with Crippen molar-refractivity contribution in [3.8, 4) is 0 Å². The number of β-amino-alcohol motifs (C(OH)–C–C–N with tert-alkyl or cyclic N) is 1. The molecule has 0 radical (unpaired) electrons. The molecular weight excluding hydrogens is 363 g/mol. The van der Waals surface area contributed by atoms with Gasteiger partial charge in [-0.3, -0.25) is 9.69 Å². The van der Waals surface area contributed by atoms with Crippen molar-refractivity contribution in [3.05, 3.63) is 35.6 Å². The fourth-order valence-electron chi connectivity index (χ4n) is 4.04. The van der Waals surface area contributed by atoms with E-state index in [1.165, 1.54) is 12.1 Å². The van der Waals surface area contributed by atoms with E-state index in [-0.39, 0.29) is 36.6 Å². The van der Waals surface area contributed by atoms with Crippen LogP contribution in [0.5, 0.6) is 0 Å². The molecule has 4 atom stereocenters. The number of hydrogen-bond donors (Lipinski definition) is 2. The van der Waals surface area contributed by atoms with Crippen molar-refractivity contribution in [2.75, 3.05) is 26.3 Å². The van der Waals surface area contributed by atoms with E-state index in [0.29, 0.717) is 32.7 Å². The number of ether oxygens (including phenoxy) is 2. The SMILES string of the molecule is CCCNC(=O)C[C@@H]1CC[C@@H]2[C@H](COC[C@@H](O)CN2Cc2cccc(F)c2)O1. The summed E-state index contributed by atoms with van der Waals surface area (Å²) in [6, 6.07) is 6.62. The highest BCUT2D eigenvalue weighted by molar-refractivity contribution is 5.76. The summed E-state index contributed by atoms with van der Waals surface area (Å²) in [4.78, 5) is 14.2. The fourth-order valence-corrected chi connectivity index (χ4v) is 4.04. The Morgan fingerprint density at radius 2 is 2.21 bits per heavy atom. The van der Waals surface area contributed by atoms with Gasteiger partial charge in [0.05, 0.1) is 37.9 Å². The highest BCUT2D eigenvalue weighted by Gasteiger charge is 2.38. The molecule has 7 heteroatoms. The molecular formula is C21H31FN2O4. The maximum absolute atomic E-state index is 13.6. The zero-order valence-corrected chi connectivity index (χ0v) is 16.5. The van der Waals surface area contributed by atoms with Gasteiger partial charge in [-0.05, 0) is 37.0 Å². The van der Waals surface area contributed by atoms with Gasteiger partial charge in [-0.1, -0.05) is 19.1 Å². The van der Waals surface area contributed by atoms with E-state index in [1.807, 2.05) is 13.0 Å². The molecule has 0 aromatic heterocycles. The molecule has 28 heavy (non-hydrogen) atoms. The Morgan fingerprint density at radius 3 is 3.00 bits per heavy atom. The zero-order chi connectivity index (χ0) is 19.9. The number of hydrogen-bond acceptors (Lipinski definition) is 5. The van der Waals surface area contributed by atoms with Gasteiger partial charge < -0.3 is 19.9 Å². The van der Waals surface area contributed by atoms with Gasteiger partial charge in [-0.25, -0.2) is 4.39 Å². The molecule has 1 aromatic carbocycles. The number of benzene rings is 1. The average Bonchev–Trinajstić information content (AvgIpc) is 2.65. The summed E-state index contributed by atoms with van der Waals surface area (Å²) in [5.41, 5.74) is 0.869. The summed E-state index contributed by atoms with van der Waals surface area (Å²) in [6.45, 7) is 4.32. The molecule has 0 spiro atoms. The Kier molecular flexibility index (Phi) is 7.79. The van der Waals surface area contributed by atoms with Crippen LogP contribution in [0, 0.1) is 5.82 Å². The first kappa shape index (κ1) is 21.2. The largest absolute Gasteiger partial charge is 0.389 e. The second kappa shape index (κ2) is 10.3. The minimum atomic E-state index is -0.591. The fraction of sp³-hybridized carbons (Fsp3) is 0.667. The molecule has 2 N–H and O–H groups in total. The number of aliphatic hydroxyl groups is 1. The number of aliphatic hydroxyl groups excluding tert-OH is 1. The van der Waals surface area contributed by atoms with E-state index in [4.69, 9.17) is 9.47 Å². The monoisotopic (exact) mass is 394 g/mol. The molecule has 3 rings (SSSR count). The molecule has 1 aromatic rings. The number of carbonyl (C=O) groups is 1. The lowest BCUT2D eigenvalue weighted by Gasteiger charge is -2.44. The predicted molar refractivity (Wildman–Crippen MR) is 103 cm³/mol. The molecule has 156 valence electrons. The molecule has 0 unspecified atom stereocenters. The van der Waals surface area contributed by atoms with Gasteiger partial charge in [0.2, 0.25) is 5.91 Å². The number of rotatable bonds is 6. The lowest BCUT2D eigenvalue weighted by Crippen LogP contribution is -2.55. The van der Waals surface area contributed by atoms with Gasteiger partial charge in [0.25, 0.3) is 0 Å². The normalized spacial score (nSPS) is 28.8. The number of nitrogens with one attached hydrogen (secondary N) is 1. The number of amides is 1. The summed E-state index contributed by atoms with van der Waals surface area (Å²) in [7, 11) is 0. The van der Waals surface area contributed by atoms with E-state index >= 15 is 0 Å². The van der Waals surface area contributed by atoms with Crippen LogP contribution < -0.4 is 5.32 Å². The molecule has 2 fully saturated rings. The Hall–Kier alpha value is -1.54. The van der Waals surface area contributed by atoms with Crippen LogP contribution in [-0.4, -0.2) is 66.6 Å². The minimum Gasteiger partial charge on any atom is -0.389 e. The smallest absolute Gasteiger partial charge is 0.222 e. The van der Waals surface area contributed by atoms with E-state index in [9.17, 15) is 14.3 Å². The molecule has 2 aliphatic heterocycles. The van der Waals surface area contributed by atoms with Crippen LogP contribution in [0.1, 0.15) is 38.2 Å². The summed E-state index contributed by atoms with van der Waals surface area (Å²) in [5.74, 6) is -0.243. The molecule has 6 nitrogen and oxygen atoms in total.